The Morgan fingerprint density at radius 2 is 2.13 bits per heavy atom. The van der Waals surface area contributed by atoms with Crippen molar-refractivity contribution < 1.29 is 4.39 Å². The predicted octanol–water partition coefficient (Wildman–Crippen LogP) is 3.09. The van der Waals surface area contributed by atoms with Gasteiger partial charge in [0.2, 0.25) is 0 Å². The van der Waals surface area contributed by atoms with Gasteiger partial charge in [0.1, 0.15) is 5.82 Å². The fraction of sp³-hybridized carbons (Fsp3) is 0.417. The van der Waals surface area contributed by atoms with E-state index in [0.717, 1.165) is 18.4 Å². The second kappa shape index (κ2) is 3.33. The minimum Gasteiger partial charge on any atom is -0.262 e. The molecule has 1 aromatic carbocycles. The first-order valence-electron chi connectivity index (χ1n) is 5.39. The quantitative estimate of drug-likeness (QED) is 0.696. The van der Waals surface area contributed by atoms with Crippen molar-refractivity contribution in [2.75, 3.05) is 0 Å². The first kappa shape index (κ1) is 8.89. The van der Waals surface area contributed by atoms with Crippen LogP contribution >= 0.6 is 0 Å². The lowest BCUT2D eigenvalue weighted by Gasteiger charge is -2.10. The van der Waals surface area contributed by atoms with Gasteiger partial charge in [-0.15, -0.1) is 0 Å². The van der Waals surface area contributed by atoms with Crippen LogP contribution in [0.3, 0.4) is 0 Å². The van der Waals surface area contributed by atoms with Gasteiger partial charge in [-0.1, -0.05) is 12.8 Å². The van der Waals surface area contributed by atoms with Crippen LogP contribution in [0.2, 0.25) is 0 Å². The molecule has 1 aromatic heterocycles. The third kappa shape index (κ3) is 1.34. The van der Waals surface area contributed by atoms with Crippen LogP contribution in [0.25, 0.3) is 10.9 Å². The molecule has 1 aliphatic carbocycles. The number of hydrogen-bond donors (Lipinski definition) is 0. The second-order valence-electron chi connectivity index (χ2n) is 4.13. The van der Waals surface area contributed by atoms with Crippen molar-refractivity contribution in [2.45, 2.75) is 31.7 Å². The van der Waals surface area contributed by atoms with Crippen molar-refractivity contribution in [1.29, 1.82) is 0 Å². The first-order valence-corrected chi connectivity index (χ1v) is 5.39. The SMILES string of the molecule is Fc1c[c]cc2c1cnn2C1CCCC1. The summed E-state index contributed by atoms with van der Waals surface area (Å²) < 4.78 is 15.4. The molecule has 1 aliphatic rings. The summed E-state index contributed by atoms with van der Waals surface area (Å²) in [5.74, 6) is -0.225. The molecule has 0 bridgehead atoms. The molecule has 0 aliphatic heterocycles. The van der Waals surface area contributed by atoms with E-state index in [-0.39, 0.29) is 5.82 Å². The van der Waals surface area contributed by atoms with Crippen molar-refractivity contribution in [1.82, 2.24) is 9.78 Å². The summed E-state index contributed by atoms with van der Waals surface area (Å²) in [7, 11) is 0. The van der Waals surface area contributed by atoms with Gasteiger partial charge in [0.25, 0.3) is 0 Å². The van der Waals surface area contributed by atoms with Crippen LogP contribution in [0.5, 0.6) is 0 Å². The largest absolute Gasteiger partial charge is 0.262 e. The van der Waals surface area contributed by atoms with Crippen molar-refractivity contribution >= 4 is 10.9 Å². The molecule has 1 heterocycles. The molecule has 0 amide bonds. The molecule has 0 atom stereocenters. The summed E-state index contributed by atoms with van der Waals surface area (Å²) >= 11 is 0. The fourth-order valence-corrected chi connectivity index (χ4v) is 2.41. The van der Waals surface area contributed by atoms with E-state index in [1.807, 2.05) is 10.7 Å². The van der Waals surface area contributed by atoms with Gasteiger partial charge in [-0.25, -0.2) is 4.39 Å². The number of hydrogen-bond acceptors (Lipinski definition) is 1. The zero-order valence-corrected chi connectivity index (χ0v) is 8.41. The van der Waals surface area contributed by atoms with Gasteiger partial charge in [0.05, 0.1) is 23.1 Å². The molecular formula is C12H12FN2. The Balaban J connectivity index is 2.15. The van der Waals surface area contributed by atoms with E-state index in [0.29, 0.717) is 11.4 Å². The molecule has 2 nitrogen and oxygen atoms in total. The molecule has 0 spiro atoms. The van der Waals surface area contributed by atoms with Crippen LogP contribution in [0.4, 0.5) is 4.39 Å². The van der Waals surface area contributed by atoms with Gasteiger partial charge in [0, 0.05) is 0 Å². The summed E-state index contributed by atoms with van der Waals surface area (Å²) in [4.78, 5) is 0. The van der Waals surface area contributed by atoms with E-state index in [2.05, 4.69) is 11.2 Å². The molecule has 1 fully saturated rings. The summed E-state index contributed by atoms with van der Waals surface area (Å²) in [5.41, 5.74) is 0.877. The Morgan fingerprint density at radius 3 is 2.93 bits per heavy atom. The van der Waals surface area contributed by atoms with Gasteiger partial charge in [-0.05, 0) is 31.0 Å². The van der Waals surface area contributed by atoms with Crippen LogP contribution in [0, 0.1) is 11.9 Å². The lowest BCUT2D eigenvalue weighted by atomic mass is 10.2. The molecular weight excluding hydrogens is 191 g/mol. The van der Waals surface area contributed by atoms with E-state index in [4.69, 9.17) is 0 Å². The van der Waals surface area contributed by atoms with Crippen LogP contribution in [-0.4, -0.2) is 9.78 Å². The highest BCUT2D eigenvalue weighted by Gasteiger charge is 2.19. The van der Waals surface area contributed by atoms with Crippen molar-refractivity contribution in [2.24, 2.45) is 0 Å². The Kier molecular flexibility index (Phi) is 1.97. The van der Waals surface area contributed by atoms with E-state index >= 15 is 0 Å². The molecule has 1 saturated carbocycles. The third-order valence-electron chi connectivity index (χ3n) is 3.19. The lowest BCUT2D eigenvalue weighted by Crippen LogP contribution is -2.05. The van der Waals surface area contributed by atoms with E-state index in [1.165, 1.54) is 18.9 Å². The molecule has 3 rings (SSSR count). The normalized spacial score (nSPS) is 17.7. The van der Waals surface area contributed by atoms with Gasteiger partial charge < -0.3 is 0 Å². The Labute approximate surface area is 87.7 Å². The van der Waals surface area contributed by atoms with Crippen LogP contribution in [0.15, 0.2) is 18.3 Å². The zero-order valence-electron chi connectivity index (χ0n) is 8.41. The van der Waals surface area contributed by atoms with E-state index in [1.54, 1.807) is 6.20 Å². The van der Waals surface area contributed by atoms with Gasteiger partial charge >= 0.3 is 0 Å². The molecule has 2 aromatic rings. The maximum Gasteiger partial charge on any atom is 0.134 e. The summed E-state index contributed by atoms with van der Waals surface area (Å²) in [5, 5.41) is 4.91. The molecule has 0 N–H and O–H groups in total. The van der Waals surface area contributed by atoms with Crippen LogP contribution < -0.4 is 0 Å². The Bertz CT molecular complexity index is 483. The maximum atomic E-state index is 13.4. The van der Waals surface area contributed by atoms with Crippen molar-refractivity contribution in [3.8, 4) is 0 Å². The number of nitrogens with zero attached hydrogens (tertiary/aromatic N) is 2. The molecule has 0 saturated heterocycles. The van der Waals surface area contributed by atoms with Crippen LogP contribution in [-0.2, 0) is 0 Å². The van der Waals surface area contributed by atoms with Crippen molar-refractivity contribution in [3.05, 3.63) is 30.2 Å². The first-order chi connectivity index (χ1) is 7.36. The number of fused-ring (bicyclic) bond motifs is 1. The summed E-state index contributed by atoms with van der Waals surface area (Å²) in [6.07, 6.45) is 6.45. The standard InChI is InChI=1S/C12H12FN2/c13-11-6-3-7-12-10(11)8-14-15(12)9-4-1-2-5-9/h6-9H,1-2,4-5H2. The Hall–Kier alpha value is -1.38. The smallest absolute Gasteiger partial charge is 0.134 e. The minimum absolute atomic E-state index is 0.225. The molecule has 3 heteroatoms. The van der Waals surface area contributed by atoms with Crippen LogP contribution in [0.1, 0.15) is 31.7 Å². The number of benzene rings is 1. The highest BCUT2D eigenvalue weighted by molar-refractivity contribution is 5.79. The molecule has 15 heavy (non-hydrogen) atoms. The molecule has 0 unspecified atom stereocenters. The minimum atomic E-state index is -0.225. The average Bonchev–Trinajstić information content (AvgIpc) is 2.85. The average molecular weight is 203 g/mol. The van der Waals surface area contributed by atoms with Crippen molar-refractivity contribution in [3.63, 3.8) is 0 Å². The van der Waals surface area contributed by atoms with Gasteiger partial charge in [-0.2, -0.15) is 5.10 Å². The Morgan fingerprint density at radius 1 is 1.33 bits per heavy atom. The van der Waals surface area contributed by atoms with E-state index in [9.17, 15) is 4.39 Å². The highest BCUT2D eigenvalue weighted by Crippen LogP contribution is 2.31. The topological polar surface area (TPSA) is 17.8 Å². The van der Waals surface area contributed by atoms with E-state index < -0.39 is 0 Å². The predicted molar refractivity (Wildman–Crippen MR) is 56.0 cm³/mol. The van der Waals surface area contributed by atoms with Gasteiger partial charge in [0.15, 0.2) is 0 Å². The number of aromatic nitrogens is 2. The lowest BCUT2D eigenvalue weighted by molar-refractivity contribution is 0.482. The third-order valence-corrected chi connectivity index (χ3v) is 3.19. The number of rotatable bonds is 1. The summed E-state index contributed by atoms with van der Waals surface area (Å²) in [6.45, 7) is 0. The zero-order chi connectivity index (χ0) is 10.3. The molecule has 1 radical (unpaired) electrons. The van der Waals surface area contributed by atoms with Gasteiger partial charge in [-0.3, -0.25) is 4.68 Å². The summed E-state index contributed by atoms with van der Waals surface area (Å²) in [6, 6.07) is 6.46. The number of halogens is 1. The second-order valence-corrected chi connectivity index (χ2v) is 4.13. The highest BCUT2D eigenvalue weighted by atomic mass is 19.1. The fourth-order valence-electron chi connectivity index (χ4n) is 2.41. The molecule has 77 valence electrons. The maximum absolute atomic E-state index is 13.4. The monoisotopic (exact) mass is 203 g/mol.